The minimum atomic E-state index is -0.707. The first-order chi connectivity index (χ1) is 18.3. The number of Topliss-reactive ketones (excluding diaryl/α,β-unsaturated/α-hetero) is 1. The molecule has 0 radical (unpaired) electrons. The number of esters is 2. The molecular formula is C31H42O8. The maximum atomic E-state index is 12.5. The smallest absolute Gasteiger partial charge is 0.351 e. The largest absolute Gasteiger partial charge is 0.465 e. The maximum absolute atomic E-state index is 12.5. The van der Waals surface area contributed by atoms with E-state index in [2.05, 4.69) is 6.58 Å². The van der Waals surface area contributed by atoms with Gasteiger partial charge in [0.15, 0.2) is 5.78 Å². The second-order valence-electron chi connectivity index (χ2n) is 10.1. The van der Waals surface area contributed by atoms with Crippen molar-refractivity contribution in [3.63, 3.8) is 0 Å². The number of benzene rings is 1. The second kappa shape index (κ2) is 16.4. The third-order valence-corrected chi connectivity index (χ3v) is 6.63. The molecule has 1 heterocycles. The van der Waals surface area contributed by atoms with Crippen LogP contribution in [0.25, 0.3) is 11.0 Å². The minimum Gasteiger partial charge on any atom is -0.465 e. The van der Waals surface area contributed by atoms with E-state index in [1.54, 1.807) is 19.1 Å². The highest BCUT2D eigenvalue weighted by Gasteiger charge is 2.35. The molecule has 0 aliphatic rings. The predicted octanol–water partition coefficient (Wildman–Crippen LogP) is 6.15. The highest BCUT2D eigenvalue weighted by atomic mass is 16.5. The van der Waals surface area contributed by atoms with E-state index in [1.165, 1.54) is 19.1 Å². The average molecular weight is 543 g/mol. The van der Waals surface area contributed by atoms with E-state index in [4.69, 9.17) is 13.9 Å². The fourth-order valence-corrected chi connectivity index (χ4v) is 3.69. The Kier molecular flexibility index (Phi) is 14.1. The summed E-state index contributed by atoms with van der Waals surface area (Å²) in [6.07, 6.45) is 5.33. The highest BCUT2D eigenvalue weighted by molar-refractivity contribution is 5.93. The number of hydrogen-bond acceptors (Lipinski definition) is 8. The van der Waals surface area contributed by atoms with Crippen molar-refractivity contribution in [1.29, 1.82) is 0 Å². The molecule has 0 spiro atoms. The van der Waals surface area contributed by atoms with Crippen molar-refractivity contribution >= 4 is 34.5 Å². The number of aryl methyl sites for hydroxylation is 1. The molecule has 2 rings (SSSR count). The molecule has 8 heteroatoms. The van der Waals surface area contributed by atoms with Gasteiger partial charge in [0.1, 0.15) is 16.9 Å². The van der Waals surface area contributed by atoms with E-state index >= 15 is 0 Å². The van der Waals surface area contributed by atoms with Crippen LogP contribution in [0.1, 0.15) is 89.1 Å². The minimum absolute atomic E-state index is 0.0185. The van der Waals surface area contributed by atoms with Gasteiger partial charge in [0, 0.05) is 11.3 Å². The first-order valence-electron chi connectivity index (χ1n) is 13.4. The lowest BCUT2D eigenvalue weighted by Gasteiger charge is -2.28. The molecule has 0 saturated heterocycles. The lowest BCUT2D eigenvalue weighted by molar-refractivity contribution is -0.156. The summed E-state index contributed by atoms with van der Waals surface area (Å²) in [6, 6.07) is 6.92. The van der Waals surface area contributed by atoms with Crippen molar-refractivity contribution in [3.05, 3.63) is 58.5 Å². The molecule has 0 N–H and O–H groups in total. The number of carbonyl (C=O) groups excluding carboxylic acids is 4. The van der Waals surface area contributed by atoms with Gasteiger partial charge in [0.25, 0.3) is 0 Å². The van der Waals surface area contributed by atoms with E-state index in [0.717, 1.165) is 18.4 Å². The van der Waals surface area contributed by atoms with Crippen LogP contribution in [0.15, 0.2) is 46.1 Å². The van der Waals surface area contributed by atoms with Gasteiger partial charge in [-0.25, -0.2) is 9.59 Å². The van der Waals surface area contributed by atoms with E-state index < -0.39 is 17.0 Å². The van der Waals surface area contributed by atoms with E-state index in [1.807, 2.05) is 33.8 Å². The Morgan fingerprint density at radius 1 is 1.03 bits per heavy atom. The van der Waals surface area contributed by atoms with Crippen LogP contribution in [0.5, 0.6) is 0 Å². The summed E-state index contributed by atoms with van der Waals surface area (Å²) in [4.78, 5) is 58.1. The van der Waals surface area contributed by atoms with Gasteiger partial charge in [-0.15, -0.1) is 0 Å². The van der Waals surface area contributed by atoms with Crippen LogP contribution < -0.4 is 5.63 Å². The maximum Gasteiger partial charge on any atom is 0.351 e. The van der Waals surface area contributed by atoms with Crippen LogP contribution in [-0.4, -0.2) is 36.7 Å². The number of unbranched alkanes of at least 4 members (excludes halogenated alkanes) is 3. The van der Waals surface area contributed by atoms with Crippen LogP contribution in [-0.2, 0) is 23.9 Å². The van der Waals surface area contributed by atoms with E-state index in [0.29, 0.717) is 43.3 Å². The molecule has 2 atom stereocenters. The van der Waals surface area contributed by atoms with Gasteiger partial charge < -0.3 is 13.9 Å². The van der Waals surface area contributed by atoms with Crippen LogP contribution in [0.3, 0.4) is 0 Å². The summed E-state index contributed by atoms with van der Waals surface area (Å²) in [5.41, 5.74) is -0.0753. The Labute approximate surface area is 230 Å². The van der Waals surface area contributed by atoms with Gasteiger partial charge in [-0.2, -0.15) is 0 Å². The third kappa shape index (κ3) is 11.4. The fourth-order valence-electron chi connectivity index (χ4n) is 3.69. The van der Waals surface area contributed by atoms with Gasteiger partial charge in [0.2, 0.25) is 0 Å². The van der Waals surface area contributed by atoms with Crippen molar-refractivity contribution in [1.82, 2.24) is 0 Å². The van der Waals surface area contributed by atoms with Crippen LogP contribution in [0.4, 0.5) is 0 Å². The van der Waals surface area contributed by atoms with Crippen LogP contribution in [0, 0.1) is 18.3 Å². The molecule has 2 unspecified atom stereocenters. The topological polar surface area (TPSA) is 117 Å². The van der Waals surface area contributed by atoms with Crippen molar-refractivity contribution < 1.29 is 33.1 Å². The molecule has 2 aromatic rings. The zero-order valence-electron chi connectivity index (χ0n) is 24.1. The van der Waals surface area contributed by atoms with Crippen molar-refractivity contribution in [2.75, 3.05) is 13.2 Å². The van der Waals surface area contributed by atoms with E-state index in [-0.39, 0.29) is 35.6 Å². The normalized spacial score (nSPS) is 12.9. The fraction of sp³-hybridized carbons (Fsp3) is 0.516. The van der Waals surface area contributed by atoms with Gasteiger partial charge in [-0.1, -0.05) is 32.6 Å². The van der Waals surface area contributed by atoms with Gasteiger partial charge in [0.05, 0.1) is 18.6 Å². The number of carbonyl (C=O) groups is 4. The molecule has 1 aromatic heterocycles. The quantitative estimate of drug-likeness (QED) is 0.121. The molecule has 0 saturated carbocycles. The monoisotopic (exact) mass is 542 g/mol. The summed E-state index contributed by atoms with van der Waals surface area (Å²) < 4.78 is 15.9. The summed E-state index contributed by atoms with van der Waals surface area (Å²) in [7, 11) is 0. The average Bonchev–Trinajstić information content (AvgIpc) is 2.89. The van der Waals surface area contributed by atoms with Crippen molar-refractivity contribution in [3.8, 4) is 0 Å². The Bertz CT molecular complexity index is 1210. The Morgan fingerprint density at radius 3 is 2.15 bits per heavy atom. The molecular weight excluding hydrogens is 500 g/mol. The number of hydrogen-bond donors (Lipinski definition) is 0. The zero-order chi connectivity index (χ0) is 29.6. The Hall–Kier alpha value is -3.55. The molecule has 8 nitrogen and oxygen atoms in total. The van der Waals surface area contributed by atoms with Crippen LogP contribution >= 0.6 is 0 Å². The highest BCUT2D eigenvalue weighted by Crippen LogP contribution is 2.32. The first kappa shape index (κ1) is 33.5. The first-order valence-corrected chi connectivity index (χ1v) is 13.4. The molecule has 0 aliphatic heterocycles. The van der Waals surface area contributed by atoms with E-state index in [9.17, 15) is 24.0 Å². The van der Waals surface area contributed by atoms with Gasteiger partial charge >= 0.3 is 17.6 Å². The zero-order valence-corrected chi connectivity index (χ0v) is 24.1. The van der Waals surface area contributed by atoms with Crippen molar-refractivity contribution in [2.24, 2.45) is 11.3 Å². The van der Waals surface area contributed by atoms with Gasteiger partial charge in [-0.05, 0) is 90.0 Å². The summed E-state index contributed by atoms with van der Waals surface area (Å²) in [5.74, 6) is -1.04. The SMILES string of the molecule is C=CC(C)=O.CCC(C)(CC(C)C(C)=O)C(=O)OCCCCCCOC(=O)c1cc2ccc(C)cc2oc1=O. The number of ether oxygens (including phenoxy) is 2. The van der Waals surface area contributed by atoms with Crippen LogP contribution in [0.2, 0.25) is 0 Å². The number of rotatable bonds is 14. The number of allylic oxidation sites excluding steroid dienone is 1. The summed E-state index contributed by atoms with van der Waals surface area (Å²) in [5, 5.41) is 0.668. The molecule has 214 valence electrons. The second-order valence-corrected chi connectivity index (χ2v) is 10.1. The Balaban J connectivity index is 0.00000139. The summed E-state index contributed by atoms with van der Waals surface area (Å²) >= 11 is 0. The molecule has 1 aromatic carbocycles. The molecule has 39 heavy (non-hydrogen) atoms. The lowest BCUT2D eigenvalue weighted by atomic mass is 9.78. The standard InChI is InChI=1S/C27H36O7.C4H6O/c1-6-27(5,17-19(3)20(4)28)26(31)33-14-10-8-7-9-13-32-24(29)22-16-21-12-11-18(2)15-23(21)34-25(22)30;1-3-4(2)5/h11-12,15-16,19H,6-10,13-14,17H2,1-5H3;3H,1H2,2H3. The lowest BCUT2D eigenvalue weighted by Crippen LogP contribution is -2.32. The molecule has 0 fully saturated rings. The van der Waals surface area contributed by atoms with Crippen molar-refractivity contribution in [2.45, 2.75) is 80.1 Å². The predicted molar refractivity (Wildman–Crippen MR) is 151 cm³/mol. The van der Waals surface area contributed by atoms with Gasteiger partial charge in [-0.3, -0.25) is 14.4 Å². The number of fused-ring (bicyclic) bond motifs is 1. The molecule has 0 aliphatic carbocycles. The Morgan fingerprint density at radius 2 is 1.62 bits per heavy atom. The third-order valence-electron chi connectivity index (χ3n) is 6.63. The number of ketones is 2. The summed E-state index contributed by atoms with van der Waals surface area (Å²) in [6.45, 7) is 14.2. The molecule has 0 bridgehead atoms. The molecule has 0 amide bonds.